The summed E-state index contributed by atoms with van der Waals surface area (Å²) in [6.07, 6.45) is 6.73. The average Bonchev–Trinajstić information content (AvgIpc) is 3.40. The smallest absolute Gasteiger partial charge is 0.243 e. The van der Waals surface area contributed by atoms with E-state index in [-0.39, 0.29) is 4.90 Å². The minimum Gasteiger partial charge on any atom is -0.354 e. The van der Waals surface area contributed by atoms with Crippen LogP contribution in [0.3, 0.4) is 0 Å². The van der Waals surface area contributed by atoms with Crippen molar-refractivity contribution in [3.63, 3.8) is 0 Å². The van der Waals surface area contributed by atoms with Crippen LogP contribution >= 0.6 is 0 Å². The molecule has 0 spiro atoms. The lowest BCUT2D eigenvalue weighted by atomic mass is 10.3. The largest absolute Gasteiger partial charge is 0.354 e. The topological polar surface area (TPSA) is 109 Å². The minimum atomic E-state index is -3.58. The summed E-state index contributed by atoms with van der Waals surface area (Å²) in [6.45, 7) is 3.80. The normalized spacial score (nSPS) is 14.8. The van der Waals surface area contributed by atoms with Crippen molar-refractivity contribution in [1.82, 2.24) is 29.0 Å². The maximum absolute atomic E-state index is 13.2. The van der Waals surface area contributed by atoms with Gasteiger partial charge < -0.3 is 10.2 Å². The van der Waals surface area contributed by atoms with E-state index >= 15 is 0 Å². The van der Waals surface area contributed by atoms with Gasteiger partial charge >= 0.3 is 0 Å². The molecule has 1 N–H and O–H groups in total. The third kappa shape index (κ3) is 4.61. The Labute approximate surface area is 198 Å². The number of hydrogen-bond donors (Lipinski definition) is 1. The quantitative estimate of drug-likeness (QED) is 0.452. The SMILES string of the molecule is Cc1ccnc(Nc2cc(N3CCN(S(=O)(=O)c4ccc(-n5cccn5)cc4)CC3)ncn2)c1. The van der Waals surface area contributed by atoms with Gasteiger partial charge in [0.2, 0.25) is 10.0 Å². The van der Waals surface area contributed by atoms with Crippen LogP contribution in [0.25, 0.3) is 5.69 Å². The van der Waals surface area contributed by atoms with Crippen molar-refractivity contribution in [1.29, 1.82) is 0 Å². The summed E-state index contributed by atoms with van der Waals surface area (Å²) in [5.74, 6) is 2.08. The zero-order valence-corrected chi connectivity index (χ0v) is 19.4. The lowest BCUT2D eigenvalue weighted by Gasteiger charge is -2.34. The van der Waals surface area contributed by atoms with Crippen LogP contribution in [0.2, 0.25) is 0 Å². The molecule has 5 rings (SSSR count). The van der Waals surface area contributed by atoms with Gasteiger partial charge in [-0.1, -0.05) is 0 Å². The Morgan fingerprint density at radius 3 is 2.35 bits per heavy atom. The van der Waals surface area contributed by atoms with Crippen LogP contribution in [0.5, 0.6) is 0 Å². The number of piperazine rings is 1. The predicted octanol–water partition coefficient (Wildman–Crippen LogP) is 2.62. The van der Waals surface area contributed by atoms with Crippen LogP contribution in [0, 0.1) is 6.92 Å². The molecule has 0 radical (unpaired) electrons. The summed E-state index contributed by atoms with van der Waals surface area (Å²) < 4.78 is 29.5. The Hall–Kier alpha value is -3.83. The molecular weight excluding hydrogens is 452 g/mol. The highest BCUT2D eigenvalue weighted by Gasteiger charge is 2.29. The standard InChI is InChI=1S/C23H24N8O2S/c1-18-7-9-24-21(15-18)28-22-16-23(26-17-25-22)29-11-13-30(14-12-29)34(32,33)20-5-3-19(4-6-20)31-10-2-8-27-31/h2-10,15-17H,11-14H2,1H3,(H,24,25,26,28). The third-order valence-corrected chi connectivity index (χ3v) is 7.54. The van der Waals surface area contributed by atoms with E-state index in [0.29, 0.717) is 37.8 Å². The number of pyridine rings is 1. The van der Waals surface area contributed by atoms with E-state index in [1.165, 1.54) is 10.6 Å². The van der Waals surface area contributed by atoms with Gasteiger partial charge in [0, 0.05) is 50.8 Å². The number of rotatable bonds is 6. The Balaban J connectivity index is 1.24. The highest BCUT2D eigenvalue weighted by molar-refractivity contribution is 7.89. The van der Waals surface area contributed by atoms with Crippen molar-refractivity contribution in [2.45, 2.75) is 11.8 Å². The van der Waals surface area contributed by atoms with Crippen LogP contribution in [0.15, 0.2) is 78.3 Å². The van der Waals surface area contributed by atoms with Crippen LogP contribution in [0.1, 0.15) is 5.56 Å². The summed E-state index contributed by atoms with van der Waals surface area (Å²) in [5.41, 5.74) is 1.91. The van der Waals surface area contributed by atoms with Gasteiger partial charge in [0.05, 0.1) is 10.6 Å². The number of anilines is 3. The molecule has 0 atom stereocenters. The van der Waals surface area contributed by atoms with Gasteiger partial charge in [-0.05, 0) is 55.0 Å². The van der Waals surface area contributed by atoms with Crippen LogP contribution < -0.4 is 10.2 Å². The first-order valence-corrected chi connectivity index (χ1v) is 12.3. The number of nitrogens with zero attached hydrogens (tertiary/aromatic N) is 7. The number of aryl methyl sites for hydroxylation is 1. The highest BCUT2D eigenvalue weighted by atomic mass is 32.2. The third-order valence-electron chi connectivity index (χ3n) is 5.63. The molecule has 4 heterocycles. The van der Waals surface area contributed by atoms with Crippen LogP contribution in [-0.4, -0.2) is 63.6 Å². The molecule has 0 saturated carbocycles. The van der Waals surface area contributed by atoms with E-state index in [1.54, 1.807) is 41.3 Å². The first-order valence-electron chi connectivity index (χ1n) is 10.9. The molecule has 1 aliphatic heterocycles. The number of benzene rings is 1. The average molecular weight is 477 g/mol. The molecule has 1 fully saturated rings. The molecule has 0 unspecified atom stereocenters. The molecule has 34 heavy (non-hydrogen) atoms. The van der Waals surface area contributed by atoms with Crippen molar-refractivity contribution in [2.75, 3.05) is 36.4 Å². The molecule has 0 amide bonds. The Morgan fingerprint density at radius 2 is 1.65 bits per heavy atom. The van der Waals surface area contributed by atoms with Gasteiger partial charge in [0.1, 0.15) is 23.8 Å². The molecular formula is C23H24N8O2S. The molecule has 3 aromatic heterocycles. The lowest BCUT2D eigenvalue weighted by molar-refractivity contribution is 0.384. The number of nitrogens with one attached hydrogen (secondary N) is 1. The van der Waals surface area contributed by atoms with Gasteiger partial charge in [-0.15, -0.1) is 0 Å². The number of aromatic nitrogens is 5. The van der Waals surface area contributed by atoms with Crippen molar-refractivity contribution in [3.05, 3.63) is 79.0 Å². The van der Waals surface area contributed by atoms with Crippen molar-refractivity contribution in [3.8, 4) is 5.69 Å². The van der Waals surface area contributed by atoms with Gasteiger partial charge in [-0.25, -0.2) is 28.1 Å². The molecule has 1 saturated heterocycles. The van der Waals surface area contributed by atoms with Gasteiger partial charge in [-0.3, -0.25) is 0 Å². The molecule has 174 valence electrons. The fourth-order valence-corrected chi connectivity index (χ4v) is 5.25. The van der Waals surface area contributed by atoms with E-state index in [1.807, 2.05) is 37.4 Å². The molecule has 4 aromatic rings. The predicted molar refractivity (Wildman–Crippen MR) is 129 cm³/mol. The zero-order chi connectivity index (χ0) is 23.5. The molecule has 1 aromatic carbocycles. The highest BCUT2D eigenvalue weighted by Crippen LogP contribution is 2.23. The van der Waals surface area contributed by atoms with E-state index in [2.05, 4.69) is 30.3 Å². The van der Waals surface area contributed by atoms with E-state index < -0.39 is 10.0 Å². The van der Waals surface area contributed by atoms with Crippen molar-refractivity contribution in [2.24, 2.45) is 0 Å². The van der Waals surface area contributed by atoms with Crippen LogP contribution in [0.4, 0.5) is 17.5 Å². The monoisotopic (exact) mass is 476 g/mol. The molecule has 0 bridgehead atoms. The summed E-state index contributed by atoms with van der Waals surface area (Å²) >= 11 is 0. The molecule has 10 nitrogen and oxygen atoms in total. The van der Waals surface area contributed by atoms with E-state index in [0.717, 1.165) is 17.1 Å². The second kappa shape index (κ2) is 9.20. The molecule has 11 heteroatoms. The van der Waals surface area contributed by atoms with E-state index in [4.69, 9.17) is 0 Å². The first-order chi connectivity index (χ1) is 16.5. The number of hydrogen-bond acceptors (Lipinski definition) is 8. The summed E-state index contributed by atoms with van der Waals surface area (Å²) in [4.78, 5) is 15.3. The van der Waals surface area contributed by atoms with E-state index in [9.17, 15) is 8.42 Å². The van der Waals surface area contributed by atoms with Gasteiger partial charge in [-0.2, -0.15) is 9.40 Å². The van der Waals surface area contributed by atoms with Crippen molar-refractivity contribution >= 4 is 27.5 Å². The van der Waals surface area contributed by atoms with Crippen molar-refractivity contribution < 1.29 is 8.42 Å². The first kappa shape index (κ1) is 22.0. The Kier molecular flexibility index (Phi) is 5.95. The Bertz CT molecular complexity index is 1370. The maximum Gasteiger partial charge on any atom is 0.243 e. The minimum absolute atomic E-state index is 0.274. The second-order valence-corrected chi connectivity index (χ2v) is 9.88. The maximum atomic E-state index is 13.2. The fourth-order valence-electron chi connectivity index (χ4n) is 3.82. The Morgan fingerprint density at radius 1 is 0.882 bits per heavy atom. The second-order valence-electron chi connectivity index (χ2n) is 7.94. The fraction of sp³-hybridized carbons (Fsp3) is 0.217. The number of sulfonamides is 1. The molecule has 1 aliphatic rings. The van der Waals surface area contributed by atoms with Gasteiger partial charge in [0.15, 0.2) is 0 Å². The molecule has 0 aliphatic carbocycles. The van der Waals surface area contributed by atoms with Gasteiger partial charge in [0.25, 0.3) is 0 Å². The summed E-state index contributed by atoms with van der Waals surface area (Å²) in [6, 6.07) is 14.3. The zero-order valence-electron chi connectivity index (χ0n) is 18.6. The van der Waals surface area contributed by atoms with Crippen LogP contribution in [-0.2, 0) is 10.0 Å². The lowest BCUT2D eigenvalue weighted by Crippen LogP contribution is -2.48. The summed E-state index contributed by atoms with van der Waals surface area (Å²) in [7, 11) is -3.58. The summed E-state index contributed by atoms with van der Waals surface area (Å²) in [5, 5.41) is 7.36.